The van der Waals surface area contributed by atoms with E-state index in [1.807, 2.05) is 19.1 Å². The second-order valence-electron chi connectivity index (χ2n) is 4.27. The van der Waals surface area contributed by atoms with Crippen molar-refractivity contribution in [2.75, 3.05) is 0 Å². The highest BCUT2D eigenvalue weighted by Crippen LogP contribution is 2.21. The molecule has 100 valence electrons. The van der Waals surface area contributed by atoms with Gasteiger partial charge >= 0.3 is 5.97 Å². The topological polar surface area (TPSA) is 94.0 Å². The van der Waals surface area contributed by atoms with Gasteiger partial charge in [0.2, 0.25) is 0 Å². The summed E-state index contributed by atoms with van der Waals surface area (Å²) in [5.74, 6) is -1.19. The SMILES string of the molecule is CCc1ccc(-c2[nH]c(=O)c(C#N)cc2C(=O)O)cc1. The summed E-state index contributed by atoms with van der Waals surface area (Å²) in [6.45, 7) is 2.02. The number of hydrogen-bond acceptors (Lipinski definition) is 3. The third kappa shape index (κ3) is 2.45. The molecule has 0 unspecified atom stereocenters. The Kier molecular flexibility index (Phi) is 3.67. The van der Waals surface area contributed by atoms with Crippen LogP contribution in [0, 0.1) is 11.3 Å². The van der Waals surface area contributed by atoms with E-state index < -0.39 is 11.5 Å². The molecule has 1 aromatic heterocycles. The van der Waals surface area contributed by atoms with Crippen LogP contribution in [0.4, 0.5) is 0 Å². The zero-order valence-corrected chi connectivity index (χ0v) is 10.8. The van der Waals surface area contributed by atoms with Crippen molar-refractivity contribution in [3.05, 3.63) is 57.4 Å². The largest absolute Gasteiger partial charge is 0.478 e. The van der Waals surface area contributed by atoms with Crippen molar-refractivity contribution < 1.29 is 9.90 Å². The lowest BCUT2D eigenvalue weighted by atomic mass is 10.0. The van der Waals surface area contributed by atoms with Gasteiger partial charge in [-0.25, -0.2) is 4.79 Å². The lowest BCUT2D eigenvalue weighted by Gasteiger charge is -2.07. The summed E-state index contributed by atoms with van der Waals surface area (Å²) in [6, 6.07) is 10.0. The van der Waals surface area contributed by atoms with Crippen molar-refractivity contribution in [1.29, 1.82) is 5.26 Å². The highest BCUT2D eigenvalue weighted by molar-refractivity contribution is 5.95. The third-order valence-electron chi connectivity index (χ3n) is 3.04. The Hall–Kier alpha value is -2.87. The molecule has 2 N–H and O–H groups in total. The summed E-state index contributed by atoms with van der Waals surface area (Å²) in [4.78, 5) is 25.4. The van der Waals surface area contributed by atoms with Crippen LogP contribution in [0.15, 0.2) is 35.1 Å². The number of nitrogens with zero attached hydrogens (tertiary/aromatic N) is 1. The van der Waals surface area contributed by atoms with Crippen LogP contribution in [0.5, 0.6) is 0 Å². The molecule has 0 aliphatic carbocycles. The number of aromatic nitrogens is 1. The van der Waals surface area contributed by atoms with Crippen molar-refractivity contribution in [1.82, 2.24) is 4.98 Å². The van der Waals surface area contributed by atoms with E-state index in [1.54, 1.807) is 18.2 Å². The number of aromatic carboxylic acids is 1. The molecule has 1 heterocycles. The maximum atomic E-state index is 11.7. The number of hydrogen-bond donors (Lipinski definition) is 2. The fraction of sp³-hybridized carbons (Fsp3) is 0.133. The van der Waals surface area contributed by atoms with Crippen molar-refractivity contribution in [3.63, 3.8) is 0 Å². The van der Waals surface area contributed by atoms with Gasteiger partial charge in [0.05, 0.1) is 11.3 Å². The smallest absolute Gasteiger partial charge is 0.337 e. The van der Waals surface area contributed by atoms with E-state index in [4.69, 9.17) is 5.26 Å². The Bertz CT molecular complexity index is 752. The molecule has 5 nitrogen and oxygen atoms in total. The molecule has 0 spiro atoms. The van der Waals surface area contributed by atoms with Crippen LogP contribution in [-0.4, -0.2) is 16.1 Å². The zero-order valence-electron chi connectivity index (χ0n) is 10.8. The molecule has 0 bridgehead atoms. The molecule has 0 aliphatic rings. The van der Waals surface area contributed by atoms with Crippen molar-refractivity contribution >= 4 is 5.97 Å². The number of aromatic amines is 1. The van der Waals surface area contributed by atoms with Crippen LogP contribution in [0.2, 0.25) is 0 Å². The monoisotopic (exact) mass is 268 g/mol. The number of aryl methyl sites for hydroxylation is 1. The Morgan fingerprint density at radius 1 is 1.35 bits per heavy atom. The molecule has 2 aromatic rings. The minimum atomic E-state index is -1.19. The zero-order chi connectivity index (χ0) is 14.7. The number of carboxylic acids is 1. The molecule has 0 atom stereocenters. The van der Waals surface area contributed by atoms with Crippen LogP contribution in [0.3, 0.4) is 0 Å². The minimum absolute atomic E-state index is 0.0922. The molecule has 0 amide bonds. The van der Waals surface area contributed by atoms with Crippen molar-refractivity contribution in [2.24, 2.45) is 0 Å². The van der Waals surface area contributed by atoms with Gasteiger partial charge in [-0.1, -0.05) is 31.2 Å². The highest BCUT2D eigenvalue weighted by atomic mass is 16.4. The quantitative estimate of drug-likeness (QED) is 0.892. The maximum absolute atomic E-state index is 11.7. The molecule has 20 heavy (non-hydrogen) atoms. The van der Waals surface area contributed by atoms with Crippen molar-refractivity contribution in [3.8, 4) is 17.3 Å². The second kappa shape index (κ2) is 5.41. The average Bonchev–Trinajstić information content (AvgIpc) is 2.46. The standard InChI is InChI=1S/C15H12N2O3/c1-2-9-3-5-10(6-4-9)13-12(15(19)20)7-11(8-16)14(18)17-13/h3-7H,2H2,1H3,(H,17,18)(H,19,20). The Morgan fingerprint density at radius 2 is 2.00 bits per heavy atom. The summed E-state index contributed by atoms with van der Waals surface area (Å²) in [5, 5.41) is 18.0. The number of carbonyl (C=O) groups is 1. The van der Waals surface area contributed by atoms with E-state index in [0.29, 0.717) is 5.56 Å². The van der Waals surface area contributed by atoms with E-state index in [-0.39, 0.29) is 16.8 Å². The van der Waals surface area contributed by atoms with Gasteiger partial charge in [0.15, 0.2) is 0 Å². The van der Waals surface area contributed by atoms with Gasteiger partial charge in [-0.15, -0.1) is 0 Å². The molecule has 1 aromatic carbocycles. The first-order valence-electron chi connectivity index (χ1n) is 6.06. The normalized spacial score (nSPS) is 10.0. The van der Waals surface area contributed by atoms with E-state index >= 15 is 0 Å². The lowest BCUT2D eigenvalue weighted by Crippen LogP contribution is -2.15. The number of benzene rings is 1. The first kappa shape index (κ1) is 13.6. The number of H-pyrrole nitrogens is 1. The minimum Gasteiger partial charge on any atom is -0.478 e. The third-order valence-corrected chi connectivity index (χ3v) is 3.04. The van der Waals surface area contributed by atoms with Gasteiger partial charge in [0.25, 0.3) is 5.56 Å². The number of rotatable bonds is 3. The number of carboxylic acid groups (broad SMARTS) is 1. The highest BCUT2D eigenvalue weighted by Gasteiger charge is 2.15. The first-order valence-corrected chi connectivity index (χ1v) is 6.06. The van der Waals surface area contributed by atoms with Gasteiger partial charge in [-0.2, -0.15) is 5.26 Å². The predicted octanol–water partition coefficient (Wildman–Crippen LogP) is 2.17. The van der Waals surface area contributed by atoms with Crippen LogP contribution < -0.4 is 5.56 Å². The fourth-order valence-corrected chi connectivity index (χ4v) is 1.92. The number of nitriles is 1. The summed E-state index contributed by atoms with van der Waals surface area (Å²) >= 11 is 0. The molecule has 0 radical (unpaired) electrons. The van der Waals surface area contributed by atoms with Crippen LogP contribution in [0.1, 0.15) is 28.4 Å². The summed E-state index contributed by atoms with van der Waals surface area (Å²) in [5.41, 5.74) is 1.03. The molecule has 2 rings (SSSR count). The van der Waals surface area contributed by atoms with Gasteiger partial charge in [-0.05, 0) is 23.6 Å². The lowest BCUT2D eigenvalue weighted by molar-refractivity contribution is 0.0697. The van der Waals surface area contributed by atoms with Gasteiger partial charge in [0.1, 0.15) is 11.6 Å². The summed E-state index contributed by atoms with van der Waals surface area (Å²) in [6.07, 6.45) is 0.871. The Labute approximate surface area is 115 Å². The Balaban J connectivity index is 2.66. The molecular formula is C15H12N2O3. The van der Waals surface area contributed by atoms with Crippen LogP contribution >= 0.6 is 0 Å². The van der Waals surface area contributed by atoms with E-state index in [0.717, 1.165) is 18.1 Å². The van der Waals surface area contributed by atoms with E-state index in [2.05, 4.69) is 4.98 Å². The molecular weight excluding hydrogens is 256 g/mol. The molecule has 0 saturated carbocycles. The first-order chi connectivity index (χ1) is 9.56. The Morgan fingerprint density at radius 3 is 2.50 bits per heavy atom. The molecule has 5 heteroatoms. The van der Waals surface area contributed by atoms with Crippen LogP contribution in [-0.2, 0) is 6.42 Å². The fourth-order valence-electron chi connectivity index (χ4n) is 1.92. The van der Waals surface area contributed by atoms with Gasteiger partial charge < -0.3 is 10.1 Å². The molecule has 0 saturated heterocycles. The number of nitrogens with one attached hydrogen (secondary N) is 1. The number of pyridine rings is 1. The molecule has 0 fully saturated rings. The van der Waals surface area contributed by atoms with Gasteiger partial charge in [-0.3, -0.25) is 4.79 Å². The maximum Gasteiger partial charge on any atom is 0.337 e. The average molecular weight is 268 g/mol. The predicted molar refractivity (Wildman–Crippen MR) is 73.6 cm³/mol. The summed E-state index contributed by atoms with van der Waals surface area (Å²) < 4.78 is 0. The van der Waals surface area contributed by atoms with E-state index in [9.17, 15) is 14.7 Å². The van der Waals surface area contributed by atoms with Crippen molar-refractivity contribution in [2.45, 2.75) is 13.3 Å². The van der Waals surface area contributed by atoms with Crippen LogP contribution in [0.25, 0.3) is 11.3 Å². The summed E-state index contributed by atoms with van der Waals surface area (Å²) in [7, 11) is 0. The van der Waals surface area contributed by atoms with Gasteiger partial charge in [0, 0.05) is 0 Å². The second-order valence-corrected chi connectivity index (χ2v) is 4.27. The van der Waals surface area contributed by atoms with E-state index in [1.165, 1.54) is 0 Å². The molecule has 0 aliphatic heterocycles.